The number of hydrogen-bond acceptors (Lipinski definition) is 3. The summed E-state index contributed by atoms with van der Waals surface area (Å²) in [5, 5.41) is 8.61. The topological polar surface area (TPSA) is 64.0 Å². The molecule has 0 unspecified atom stereocenters. The van der Waals surface area contributed by atoms with E-state index in [0.717, 1.165) is 18.2 Å². The highest BCUT2D eigenvalue weighted by Gasteiger charge is 2.34. The molecule has 0 bridgehead atoms. The number of nitrogens with one attached hydrogen (secondary N) is 1. The first-order valence-electron chi connectivity index (χ1n) is 9.95. The van der Waals surface area contributed by atoms with Gasteiger partial charge in [0.15, 0.2) is 0 Å². The molecule has 1 amide bonds. The van der Waals surface area contributed by atoms with Crippen LogP contribution in [0.3, 0.4) is 0 Å². The zero-order valence-electron chi connectivity index (χ0n) is 15.9. The predicted molar refractivity (Wildman–Crippen MR) is 110 cm³/mol. The number of carbonyl (C=O) groups excluding carboxylic acids is 1. The minimum absolute atomic E-state index is 0.0169. The van der Waals surface area contributed by atoms with E-state index in [1.807, 2.05) is 24.3 Å². The molecule has 0 aliphatic heterocycles. The van der Waals surface area contributed by atoms with Crippen molar-refractivity contribution < 1.29 is 4.79 Å². The number of benzene rings is 2. The van der Waals surface area contributed by atoms with E-state index in [2.05, 4.69) is 34.7 Å². The Hall–Kier alpha value is -2.95. The number of hydrogen-bond donors (Lipinski definition) is 1. The monoisotopic (exact) mass is 375 g/mol. The Morgan fingerprint density at radius 2 is 1.71 bits per heavy atom. The van der Waals surface area contributed by atoms with Crippen LogP contribution in [-0.2, 0) is 16.8 Å². The van der Waals surface area contributed by atoms with Gasteiger partial charge in [-0.1, -0.05) is 67.8 Å². The van der Waals surface area contributed by atoms with Crippen LogP contribution in [-0.4, -0.2) is 22.2 Å². The van der Waals surface area contributed by atoms with Crippen LogP contribution in [0.25, 0.3) is 10.8 Å². The summed E-state index contributed by atoms with van der Waals surface area (Å²) in [6.07, 6.45) is 7.39. The Morgan fingerprint density at radius 1 is 1.00 bits per heavy atom. The minimum atomic E-state index is -0.233. The molecule has 1 aliphatic rings. The fraction of sp³-hybridized carbons (Fsp3) is 0.348. The van der Waals surface area contributed by atoms with Crippen molar-refractivity contribution in [3.63, 3.8) is 0 Å². The zero-order chi connectivity index (χ0) is 19.4. The highest BCUT2D eigenvalue weighted by atomic mass is 16.2. The lowest BCUT2D eigenvalue weighted by atomic mass is 9.69. The molecule has 1 aromatic heterocycles. The molecule has 1 heterocycles. The summed E-state index contributed by atoms with van der Waals surface area (Å²) in [5.74, 6) is -0.175. The predicted octanol–water partition coefficient (Wildman–Crippen LogP) is 3.41. The summed E-state index contributed by atoms with van der Waals surface area (Å²) in [5.41, 5.74) is 1.04. The van der Waals surface area contributed by atoms with Crippen molar-refractivity contribution in [1.82, 2.24) is 15.1 Å². The van der Waals surface area contributed by atoms with E-state index in [4.69, 9.17) is 0 Å². The number of rotatable bonds is 5. The van der Waals surface area contributed by atoms with Crippen molar-refractivity contribution in [2.45, 2.75) is 44.1 Å². The first-order valence-corrected chi connectivity index (χ1v) is 9.95. The average Bonchev–Trinajstić information content (AvgIpc) is 2.76. The largest absolute Gasteiger partial charge is 0.354 e. The van der Waals surface area contributed by atoms with Crippen LogP contribution in [0.4, 0.5) is 0 Å². The second kappa shape index (κ2) is 7.97. The fourth-order valence-electron chi connectivity index (χ4n) is 4.29. The van der Waals surface area contributed by atoms with Gasteiger partial charge >= 0.3 is 0 Å². The van der Waals surface area contributed by atoms with Crippen LogP contribution < -0.4 is 10.9 Å². The van der Waals surface area contributed by atoms with Crippen molar-refractivity contribution in [1.29, 1.82) is 0 Å². The van der Waals surface area contributed by atoms with Gasteiger partial charge in [-0.2, -0.15) is 5.10 Å². The highest BCUT2D eigenvalue weighted by molar-refractivity contribution is 5.81. The Kier molecular flexibility index (Phi) is 5.24. The van der Waals surface area contributed by atoms with Crippen molar-refractivity contribution >= 4 is 16.7 Å². The van der Waals surface area contributed by atoms with E-state index in [9.17, 15) is 9.59 Å². The van der Waals surface area contributed by atoms with E-state index in [-0.39, 0.29) is 23.4 Å². The molecule has 2 aromatic carbocycles. The molecule has 3 aromatic rings. The van der Waals surface area contributed by atoms with Crippen molar-refractivity contribution in [3.8, 4) is 0 Å². The molecule has 1 saturated carbocycles. The summed E-state index contributed by atoms with van der Waals surface area (Å²) < 4.78 is 1.24. The van der Waals surface area contributed by atoms with E-state index >= 15 is 0 Å². The highest BCUT2D eigenvalue weighted by Crippen LogP contribution is 2.38. The number of aromatic nitrogens is 2. The first-order chi connectivity index (χ1) is 13.7. The molecule has 144 valence electrons. The molecule has 5 heteroatoms. The molecule has 4 rings (SSSR count). The number of carbonyl (C=O) groups is 1. The molecular weight excluding hydrogens is 350 g/mol. The molecule has 5 nitrogen and oxygen atoms in total. The third kappa shape index (κ3) is 3.70. The third-order valence-corrected chi connectivity index (χ3v) is 5.88. The minimum Gasteiger partial charge on any atom is -0.354 e. The van der Waals surface area contributed by atoms with Gasteiger partial charge < -0.3 is 5.32 Å². The fourth-order valence-corrected chi connectivity index (χ4v) is 4.29. The molecule has 28 heavy (non-hydrogen) atoms. The molecule has 1 N–H and O–H groups in total. The van der Waals surface area contributed by atoms with E-state index in [1.165, 1.54) is 29.5 Å². The lowest BCUT2D eigenvalue weighted by Crippen LogP contribution is -2.44. The van der Waals surface area contributed by atoms with Crippen LogP contribution >= 0.6 is 0 Å². The van der Waals surface area contributed by atoms with Gasteiger partial charge in [0.1, 0.15) is 6.54 Å². The van der Waals surface area contributed by atoms with Gasteiger partial charge in [-0.05, 0) is 24.5 Å². The number of amides is 1. The second-order valence-corrected chi connectivity index (χ2v) is 7.68. The van der Waals surface area contributed by atoms with Crippen molar-refractivity contribution in [3.05, 3.63) is 76.7 Å². The van der Waals surface area contributed by atoms with Crippen molar-refractivity contribution in [2.24, 2.45) is 0 Å². The van der Waals surface area contributed by atoms with Gasteiger partial charge in [-0.3, -0.25) is 9.59 Å². The zero-order valence-corrected chi connectivity index (χ0v) is 15.9. The number of nitrogens with zero attached hydrogens (tertiary/aromatic N) is 2. The Morgan fingerprint density at radius 3 is 2.50 bits per heavy atom. The van der Waals surface area contributed by atoms with Crippen molar-refractivity contribution in [2.75, 3.05) is 6.54 Å². The maximum Gasteiger partial charge on any atom is 0.275 e. The molecule has 0 radical (unpaired) electrons. The standard InChI is InChI=1S/C23H25N3O2/c27-21(16-26-22(28)20-12-6-5-9-18(20)15-25-26)24-17-23(13-7-2-8-14-23)19-10-3-1-4-11-19/h1,3-6,9-12,15H,2,7-8,13-14,16-17H2,(H,24,27). The molecule has 1 aliphatic carbocycles. The normalized spacial score (nSPS) is 16.0. The Labute approximate surface area is 164 Å². The van der Waals surface area contributed by atoms with Crippen LogP contribution in [0.1, 0.15) is 37.7 Å². The summed E-state index contributed by atoms with van der Waals surface area (Å²) in [4.78, 5) is 25.2. The first kappa shape index (κ1) is 18.4. The summed E-state index contributed by atoms with van der Waals surface area (Å²) in [6.45, 7) is 0.534. The van der Waals surface area contributed by atoms with Gasteiger partial charge in [0.05, 0.1) is 11.6 Å². The molecular formula is C23H25N3O2. The van der Waals surface area contributed by atoms with E-state index < -0.39 is 0 Å². The summed E-state index contributed by atoms with van der Waals surface area (Å²) >= 11 is 0. The third-order valence-electron chi connectivity index (χ3n) is 5.88. The lowest BCUT2D eigenvalue weighted by Gasteiger charge is -2.38. The molecule has 1 fully saturated rings. The second-order valence-electron chi connectivity index (χ2n) is 7.68. The van der Waals surface area contributed by atoms with Gasteiger partial charge in [0, 0.05) is 17.3 Å². The van der Waals surface area contributed by atoms with Crippen LogP contribution in [0.2, 0.25) is 0 Å². The Bertz CT molecular complexity index is 1020. The Balaban J connectivity index is 1.49. The van der Waals surface area contributed by atoms with E-state index in [0.29, 0.717) is 11.9 Å². The smallest absolute Gasteiger partial charge is 0.275 e. The van der Waals surface area contributed by atoms with Gasteiger partial charge in [-0.15, -0.1) is 0 Å². The summed E-state index contributed by atoms with van der Waals surface area (Å²) in [7, 11) is 0. The average molecular weight is 375 g/mol. The van der Waals surface area contributed by atoms with Crippen LogP contribution in [0.15, 0.2) is 65.6 Å². The SMILES string of the molecule is O=C(Cn1ncc2ccccc2c1=O)NCC1(c2ccccc2)CCCCC1. The number of fused-ring (bicyclic) bond motifs is 1. The van der Waals surface area contributed by atoms with E-state index in [1.54, 1.807) is 12.3 Å². The van der Waals surface area contributed by atoms with Crippen LogP contribution in [0.5, 0.6) is 0 Å². The molecule has 0 saturated heterocycles. The molecule has 0 atom stereocenters. The van der Waals surface area contributed by atoms with Crippen LogP contribution in [0, 0.1) is 0 Å². The maximum atomic E-state index is 12.6. The lowest BCUT2D eigenvalue weighted by molar-refractivity contribution is -0.122. The summed E-state index contributed by atoms with van der Waals surface area (Å²) in [6, 6.07) is 17.8. The quantitative estimate of drug-likeness (QED) is 0.743. The maximum absolute atomic E-state index is 12.6. The van der Waals surface area contributed by atoms with Gasteiger partial charge in [0.2, 0.25) is 5.91 Å². The van der Waals surface area contributed by atoms with Gasteiger partial charge in [0.25, 0.3) is 5.56 Å². The molecule has 0 spiro atoms. The van der Waals surface area contributed by atoms with Gasteiger partial charge in [-0.25, -0.2) is 4.68 Å².